The average Bonchev–Trinajstić information content (AvgIpc) is 2.48. The summed E-state index contributed by atoms with van der Waals surface area (Å²) in [6, 6.07) is 6.66. The maximum atomic E-state index is 12.2. The first-order valence-corrected chi connectivity index (χ1v) is 8.41. The molecule has 4 N–H and O–H groups in total. The summed E-state index contributed by atoms with van der Waals surface area (Å²) >= 11 is 0. The molecule has 1 saturated carbocycles. The molecule has 0 radical (unpaired) electrons. The smallest absolute Gasteiger partial charge is 0.319 e. The molecule has 1 aliphatic carbocycles. The summed E-state index contributed by atoms with van der Waals surface area (Å²) in [5, 5.41) is 18.1. The number of amides is 3. The maximum absolute atomic E-state index is 12.2. The summed E-state index contributed by atoms with van der Waals surface area (Å²) in [5.41, 5.74) is 0.761. The molecular weight excluding hydrogens is 306 g/mol. The summed E-state index contributed by atoms with van der Waals surface area (Å²) in [4.78, 5) is 24.3. The SMILES string of the molecule is CC(C)(C)NC(=O)c1cccc(NC(=O)NC2CCC(O)CC2)c1. The van der Waals surface area contributed by atoms with E-state index >= 15 is 0 Å². The van der Waals surface area contributed by atoms with E-state index in [1.54, 1.807) is 24.3 Å². The van der Waals surface area contributed by atoms with Crippen molar-refractivity contribution in [2.24, 2.45) is 0 Å². The molecule has 1 aromatic rings. The van der Waals surface area contributed by atoms with Crippen molar-refractivity contribution in [3.8, 4) is 0 Å². The Morgan fingerprint density at radius 2 is 1.79 bits per heavy atom. The van der Waals surface area contributed by atoms with Crippen LogP contribution in [0.1, 0.15) is 56.8 Å². The highest BCUT2D eigenvalue weighted by atomic mass is 16.3. The summed E-state index contributed by atoms with van der Waals surface area (Å²) in [7, 11) is 0. The molecule has 0 spiro atoms. The van der Waals surface area contributed by atoms with E-state index in [1.807, 2.05) is 20.8 Å². The molecule has 1 fully saturated rings. The van der Waals surface area contributed by atoms with Crippen LogP contribution in [-0.4, -0.2) is 34.7 Å². The highest BCUT2D eigenvalue weighted by Crippen LogP contribution is 2.18. The number of aliphatic hydroxyl groups excluding tert-OH is 1. The van der Waals surface area contributed by atoms with Crippen LogP contribution in [0.4, 0.5) is 10.5 Å². The van der Waals surface area contributed by atoms with Gasteiger partial charge in [-0.1, -0.05) is 6.07 Å². The number of urea groups is 1. The Kier molecular flexibility index (Phi) is 5.83. The largest absolute Gasteiger partial charge is 0.393 e. The molecule has 2 rings (SSSR count). The summed E-state index contributed by atoms with van der Waals surface area (Å²) in [5.74, 6) is -0.173. The van der Waals surface area contributed by atoms with Crippen molar-refractivity contribution in [1.82, 2.24) is 10.6 Å². The first-order chi connectivity index (χ1) is 11.2. The van der Waals surface area contributed by atoms with E-state index in [0.29, 0.717) is 24.1 Å². The Hall–Kier alpha value is -2.08. The molecule has 24 heavy (non-hydrogen) atoms. The van der Waals surface area contributed by atoms with Gasteiger partial charge in [-0.3, -0.25) is 4.79 Å². The van der Waals surface area contributed by atoms with Gasteiger partial charge >= 0.3 is 6.03 Å². The lowest BCUT2D eigenvalue weighted by molar-refractivity contribution is 0.0919. The number of anilines is 1. The van der Waals surface area contributed by atoms with Crippen LogP contribution in [0.5, 0.6) is 0 Å². The predicted octanol–water partition coefficient (Wildman–Crippen LogP) is 2.64. The van der Waals surface area contributed by atoms with E-state index in [1.165, 1.54) is 0 Å². The summed E-state index contributed by atoms with van der Waals surface area (Å²) in [6.45, 7) is 5.75. The molecule has 0 aliphatic heterocycles. The topological polar surface area (TPSA) is 90.5 Å². The second-order valence-corrected chi connectivity index (χ2v) is 7.39. The molecule has 0 heterocycles. The van der Waals surface area contributed by atoms with E-state index < -0.39 is 0 Å². The van der Waals surface area contributed by atoms with E-state index in [-0.39, 0.29) is 29.6 Å². The fourth-order valence-electron chi connectivity index (χ4n) is 2.72. The van der Waals surface area contributed by atoms with Crippen LogP contribution in [0, 0.1) is 0 Å². The molecule has 6 nitrogen and oxygen atoms in total. The van der Waals surface area contributed by atoms with E-state index in [2.05, 4.69) is 16.0 Å². The van der Waals surface area contributed by atoms with Crippen LogP contribution in [0.2, 0.25) is 0 Å². The van der Waals surface area contributed by atoms with Gasteiger partial charge in [-0.05, 0) is 64.7 Å². The van der Waals surface area contributed by atoms with Crippen molar-refractivity contribution in [2.45, 2.75) is 64.1 Å². The maximum Gasteiger partial charge on any atom is 0.319 e. The van der Waals surface area contributed by atoms with Gasteiger partial charge in [0.15, 0.2) is 0 Å². The Balaban J connectivity index is 1.91. The van der Waals surface area contributed by atoms with Crippen LogP contribution < -0.4 is 16.0 Å². The van der Waals surface area contributed by atoms with Gasteiger partial charge in [-0.2, -0.15) is 0 Å². The zero-order valence-corrected chi connectivity index (χ0v) is 14.6. The van der Waals surface area contributed by atoms with E-state index in [0.717, 1.165) is 12.8 Å². The number of carbonyl (C=O) groups is 2. The highest BCUT2D eigenvalue weighted by molar-refractivity contribution is 5.97. The van der Waals surface area contributed by atoms with Crippen molar-refractivity contribution in [3.63, 3.8) is 0 Å². The lowest BCUT2D eigenvalue weighted by atomic mass is 9.93. The first-order valence-electron chi connectivity index (χ1n) is 8.41. The van der Waals surface area contributed by atoms with Gasteiger partial charge in [0.1, 0.15) is 0 Å². The molecule has 0 bridgehead atoms. The standard InChI is InChI=1S/C18H27N3O3/c1-18(2,3)21-16(23)12-5-4-6-14(11-12)20-17(24)19-13-7-9-15(22)10-8-13/h4-6,11,13,15,22H,7-10H2,1-3H3,(H,21,23)(H2,19,20,24). The Morgan fingerprint density at radius 3 is 2.42 bits per heavy atom. The fourth-order valence-corrected chi connectivity index (χ4v) is 2.72. The normalized spacial score (nSPS) is 21.0. The lowest BCUT2D eigenvalue weighted by Gasteiger charge is -2.26. The van der Waals surface area contributed by atoms with E-state index in [9.17, 15) is 14.7 Å². The zero-order chi connectivity index (χ0) is 17.7. The van der Waals surface area contributed by atoms with Crippen molar-refractivity contribution in [1.29, 1.82) is 0 Å². The molecule has 132 valence electrons. The fraction of sp³-hybridized carbons (Fsp3) is 0.556. The van der Waals surface area contributed by atoms with Crippen molar-refractivity contribution < 1.29 is 14.7 Å². The Morgan fingerprint density at radius 1 is 1.12 bits per heavy atom. The number of aliphatic hydroxyl groups is 1. The van der Waals surface area contributed by atoms with Crippen LogP contribution >= 0.6 is 0 Å². The molecule has 1 aromatic carbocycles. The minimum absolute atomic E-state index is 0.0840. The third-order valence-electron chi connectivity index (χ3n) is 3.90. The molecule has 0 unspecified atom stereocenters. The van der Waals surface area contributed by atoms with Crippen LogP contribution in [0.25, 0.3) is 0 Å². The van der Waals surface area contributed by atoms with Crippen LogP contribution in [0.15, 0.2) is 24.3 Å². The van der Waals surface area contributed by atoms with Crippen LogP contribution in [-0.2, 0) is 0 Å². The number of carbonyl (C=O) groups excluding carboxylic acids is 2. The molecule has 0 aromatic heterocycles. The van der Waals surface area contributed by atoms with Crippen molar-refractivity contribution in [3.05, 3.63) is 29.8 Å². The minimum Gasteiger partial charge on any atom is -0.393 e. The lowest BCUT2D eigenvalue weighted by Crippen LogP contribution is -2.41. The predicted molar refractivity (Wildman–Crippen MR) is 94.1 cm³/mol. The highest BCUT2D eigenvalue weighted by Gasteiger charge is 2.21. The van der Waals surface area contributed by atoms with Crippen molar-refractivity contribution >= 4 is 17.6 Å². The van der Waals surface area contributed by atoms with Gasteiger partial charge < -0.3 is 21.1 Å². The van der Waals surface area contributed by atoms with Crippen LogP contribution in [0.3, 0.4) is 0 Å². The Labute approximate surface area is 143 Å². The van der Waals surface area contributed by atoms with Gasteiger partial charge in [0, 0.05) is 22.8 Å². The molecule has 3 amide bonds. The second-order valence-electron chi connectivity index (χ2n) is 7.39. The molecule has 0 saturated heterocycles. The third kappa shape index (κ3) is 5.85. The van der Waals surface area contributed by atoms with Gasteiger partial charge in [-0.25, -0.2) is 4.79 Å². The van der Waals surface area contributed by atoms with Gasteiger partial charge in [0.25, 0.3) is 5.91 Å². The molecule has 0 atom stereocenters. The molecular formula is C18H27N3O3. The average molecular weight is 333 g/mol. The number of benzene rings is 1. The number of nitrogens with one attached hydrogen (secondary N) is 3. The number of hydrogen-bond acceptors (Lipinski definition) is 3. The zero-order valence-electron chi connectivity index (χ0n) is 14.6. The third-order valence-corrected chi connectivity index (χ3v) is 3.90. The van der Waals surface area contributed by atoms with E-state index in [4.69, 9.17) is 0 Å². The number of hydrogen-bond donors (Lipinski definition) is 4. The summed E-state index contributed by atoms with van der Waals surface area (Å²) < 4.78 is 0. The molecule has 1 aliphatic rings. The Bertz CT molecular complexity index is 587. The summed E-state index contributed by atoms with van der Waals surface area (Å²) in [6.07, 6.45) is 2.75. The van der Waals surface area contributed by atoms with Crippen molar-refractivity contribution in [2.75, 3.05) is 5.32 Å². The number of rotatable bonds is 3. The van der Waals surface area contributed by atoms with Gasteiger partial charge in [0.05, 0.1) is 6.10 Å². The first kappa shape index (κ1) is 18.3. The monoisotopic (exact) mass is 333 g/mol. The second kappa shape index (κ2) is 7.66. The quantitative estimate of drug-likeness (QED) is 0.685. The minimum atomic E-state index is -0.316. The van der Waals surface area contributed by atoms with Gasteiger partial charge in [0.2, 0.25) is 0 Å². The van der Waals surface area contributed by atoms with Gasteiger partial charge in [-0.15, -0.1) is 0 Å². The molecule has 6 heteroatoms.